The molecule has 1 rings (SSSR count). The summed E-state index contributed by atoms with van der Waals surface area (Å²) in [5.41, 5.74) is 4.88. The lowest BCUT2D eigenvalue weighted by Gasteiger charge is -2.36. The SMILES string of the molecule is COCC1CCN(C(=O)C(C)(C)C(N)=S)CC1. The van der Waals surface area contributed by atoms with Crippen LogP contribution in [0, 0.1) is 11.3 Å². The lowest BCUT2D eigenvalue weighted by atomic mass is 9.89. The molecule has 0 aromatic heterocycles. The van der Waals surface area contributed by atoms with E-state index in [9.17, 15) is 4.79 Å². The summed E-state index contributed by atoms with van der Waals surface area (Å²) in [6.07, 6.45) is 1.99. The van der Waals surface area contributed by atoms with Crippen LogP contribution in [-0.2, 0) is 9.53 Å². The Balaban J connectivity index is 2.54. The van der Waals surface area contributed by atoms with E-state index in [1.807, 2.05) is 4.90 Å². The number of nitrogens with zero attached hydrogens (tertiary/aromatic N) is 1. The minimum atomic E-state index is -0.733. The molecule has 0 aliphatic carbocycles. The fourth-order valence-corrected chi connectivity index (χ4v) is 2.13. The zero-order valence-corrected chi connectivity index (χ0v) is 11.7. The van der Waals surface area contributed by atoms with Crippen LogP contribution < -0.4 is 5.73 Å². The third-order valence-corrected chi connectivity index (χ3v) is 3.97. The predicted octanol–water partition coefficient (Wildman–Crippen LogP) is 1.18. The van der Waals surface area contributed by atoms with Crippen LogP contribution in [0.4, 0.5) is 0 Å². The highest BCUT2D eigenvalue weighted by Crippen LogP contribution is 2.24. The topological polar surface area (TPSA) is 55.6 Å². The van der Waals surface area contributed by atoms with Gasteiger partial charge in [0.25, 0.3) is 0 Å². The minimum Gasteiger partial charge on any atom is -0.392 e. The Hall–Kier alpha value is -0.680. The molecule has 0 aromatic rings. The van der Waals surface area contributed by atoms with Crippen molar-refractivity contribution in [1.82, 2.24) is 4.90 Å². The molecular formula is C12H22N2O2S. The number of likely N-dealkylation sites (tertiary alicyclic amines) is 1. The molecule has 0 spiro atoms. The van der Waals surface area contributed by atoms with Gasteiger partial charge in [-0.15, -0.1) is 0 Å². The van der Waals surface area contributed by atoms with Gasteiger partial charge in [-0.25, -0.2) is 0 Å². The molecule has 0 atom stereocenters. The van der Waals surface area contributed by atoms with Gasteiger partial charge in [0.05, 0.1) is 10.4 Å². The van der Waals surface area contributed by atoms with E-state index in [0.717, 1.165) is 32.5 Å². The average Bonchev–Trinajstić information content (AvgIpc) is 2.29. The van der Waals surface area contributed by atoms with Crippen molar-refractivity contribution in [3.05, 3.63) is 0 Å². The molecule has 0 radical (unpaired) electrons. The Morgan fingerprint density at radius 1 is 1.47 bits per heavy atom. The Kier molecular flexibility index (Phi) is 4.89. The number of hydrogen-bond donors (Lipinski definition) is 1. The van der Waals surface area contributed by atoms with Gasteiger partial charge >= 0.3 is 0 Å². The summed E-state index contributed by atoms with van der Waals surface area (Å²) in [6, 6.07) is 0. The van der Waals surface area contributed by atoms with Crippen LogP contribution in [0.1, 0.15) is 26.7 Å². The van der Waals surface area contributed by atoms with Crippen molar-refractivity contribution < 1.29 is 9.53 Å². The van der Waals surface area contributed by atoms with E-state index in [0.29, 0.717) is 5.92 Å². The molecule has 2 N–H and O–H groups in total. The maximum atomic E-state index is 12.3. The van der Waals surface area contributed by atoms with E-state index in [-0.39, 0.29) is 10.9 Å². The third kappa shape index (κ3) is 3.39. The van der Waals surface area contributed by atoms with Crippen molar-refractivity contribution in [2.24, 2.45) is 17.1 Å². The van der Waals surface area contributed by atoms with Crippen LogP contribution in [-0.4, -0.2) is 42.6 Å². The first-order valence-electron chi connectivity index (χ1n) is 5.97. The summed E-state index contributed by atoms with van der Waals surface area (Å²) < 4.78 is 5.14. The molecule has 1 aliphatic heterocycles. The Labute approximate surface area is 108 Å². The van der Waals surface area contributed by atoms with E-state index in [2.05, 4.69) is 0 Å². The first kappa shape index (κ1) is 14.4. The van der Waals surface area contributed by atoms with Crippen LogP contribution in [0.5, 0.6) is 0 Å². The van der Waals surface area contributed by atoms with Gasteiger partial charge in [-0.2, -0.15) is 0 Å². The molecule has 5 heteroatoms. The highest BCUT2D eigenvalue weighted by atomic mass is 32.1. The summed E-state index contributed by atoms with van der Waals surface area (Å²) in [4.78, 5) is 14.4. The summed E-state index contributed by atoms with van der Waals surface area (Å²) in [5.74, 6) is 0.609. The lowest BCUT2D eigenvalue weighted by molar-refractivity contribution is -0.138. The second-order valence-electron chi connectivity index (χ2n) is 5.18. The summed E-state index contributed by atoms with van der Waals surface area (Å²) in [7, 11) is 1.72. The molecule has 98 valence electrons. The molecule has 1 heterocycles. The lowest BCUT2D eigenvalue weighted by Crippen LogP contribution is -2.49. The van der Waals surface area contributed by atoms with Crippen molar-refractivity contribution in [3.8, 4) is 0 Å². The van der Waals surface area contributed by atoms with Crippen molar-refractivity contribution in [2.45, 2.75) is 26.7 Å². The van der Waals surface area contributed by atoms with Crippen LogP contribution >= 0.6 is 12.2 Å². The molecule has 1 aliphatic rings. The van der Waals surface area contributed by atoms with Gasteiger partial charge in [-0.1, -0.05) is 12.2 Å². The smallest absolute Gasteiger partial charge is 0.235 e. The number of amides is 1. The van der Waals surface area contributed by atoms with Gasteiger partial charge in [-0.05, 0) is 32.6 Å². The maximum Gasteiger partial charge on any atom is 0.235 e. The largest absolute Gasteiger partial charge is 0.392 e. The van der Waals surface area contributed by atoms with Gasteiger partial charge in [0.15, 0.2) is 0 Å². The van der Waals surface area contributed by atoms with Crippen molar-refractivity contribution in [2.75, 3.05) is 26.8 Å². The summed E-state index contributed by atoms with van der Waals surface area (Å²) in [6.45, 7) is 5.91. The number of thiocarbonyl (C=S) groups is 1. The van der Waals surface area contributed by atoms with Gasteiger partial charge < -0.3 is 15.4 Å². The van der Waals surface area contributed by atoms with Crippen molar-refractivity contribution >= 4 is 23.1 Å². The Morgan fingerprint density at radius 2 is 2.00 bits per heavy atom. The molecule has 1 fully saturated rings. The highest BCUT2D eigenvalue weighted by Gasteiger charge is 2.36. The summed E-state index contributed by atoms with van der Waals surface area (Å²) in [5, 5.41) is 0. The monoisotopic (exact) mass is 258 g/mol. The van der Waals surface area contributed by atoms with Gasteiger partial charge in [-0.3, -0.25) is 4.79 Å². The standard InChI is InChI=1S/C12H22N2O2S/c1-12(2,10(13)17)11(15)14-6-4-9(5-7-14)8-16-3/h9H,4-8H2,1-3H3,(H2,13,17). The number of nitrogens with two attached hydrogens (primary N) is 1. The first-order chi connectivity index (χ1) is 7.89. The zero-order valence-electron chi connectivity index (χ0n) is 10.9. The third-order valence-electron chi connectivity index (χ3n) is 3.45. The maximum absolute atomic E-state index is 12.3. The number of piperidine rings is 1. The van der Waals surface area contributed by atoms with Gasteiger partial charge in [0.1, 0.15) is 0 Å². The fourth-order valence-electron chi connectivity index (χ4n) is 2.04. The number of methoxy groups -OCH3 is 1. The van der Waals surface area contributed by atoms with Crippen LogP contribution in [0.2, 0.25) is 0 Å². The molecule has 4 nitrogen and oxygen atoms in total. The average molecular weight is 258 g/mol. The predicted molar refractivity (Wildman–Crippen MR) is 71.7 cm³/mol. The molecule has 0 bridgehead atoms. The van der Waals surface area contributed by atoms with Crippen LogP contribution in [0.25, 0.3) is 0 Å². The molecular weight excluding hydrogens is 236 g/mol. The molecule has 17 heavy (non-hydrogen) atoms. The number of carbonyl (C=O) groups excluding carboxylic acids is 1. The highest BCUT2D eigenvalue weighted by molar-refractivity contribution is 7.80. The van der Waals surface area contributed by atoms with Gasteiger partial charge in [0, 0.05) is 26.8 Å². The van der Waals surface area contributed by atoms with Crippen LogP contribution in [0.15, 0.2) is 0 Å². The second kappa shape index (κ2) is 5.78. The Bertz CT molecular complexity index is 297. The summed E-state index contributed by atoms with van der Waals surface area (Å²) >= 11 is 4.95. The Morgan fingerprint density at radius 3 is 2.41 bits per heavy atom. The molecule has 1 saturated heterocycles. The molecule has 0 saturated carbocycles. The van der Waals surface area contributed by atoms with Crippen molar-refractivity contribution in [1.29, 1.82) is 0 Å². The normalized spacial score (nSPS) is 18.2. The minimum absolute atomic E-state index is 0.0425. The number of rotatable bonds is 4. The van der Waals surface area contributed by atoms with Crippen LogP contribution in [0.3, 0.4) is 0 Å². The van der Waals surface area contributed by atoms with Gasteiger partial charge in [0.2, 0.25) is 5.91 Å². The van der Waals surface area contributed by atoms with E-state index in [4.69, 9.17) is 22.7 Å². The second-order valence-corrected chi connectivity index (χ2v) is 5.62. The number of hydrogen-bond acceptors (Lipinski definition) is 3. The quantitative estimate of drug-likeness (QED) is 0.769. The zero-order chi connectivity index (χ0) is 13.1. The first-order valence-corrected chi connectivity index (χ1v) is 6.38. The molecule has 0 aromatic carbocycles. The van der Waals surface area contributed by atoms with E-state index in [1.54, 1.807) is 21.0 Å². The number of ether oxygens (including phenoxy) is 1. The number of carbonyl (C=O) groups is 1. The molecule has 0 unspecified atom stereocenters. The molecule has 1 amide bonds. The van der Waals surface area contributed by atoms with Crippen molar-refractivity contribution in [3.63, 3.8) is 0 Å². The van der Waals surface area contributed by atoms with E-state index in [1.165, 1.54) is 0 Å². The van der Waals surface area contributed by atoms with E-state index < -0.39 is 5.41 Å². The van der Waals surface area contributed by atoms with E-state index >= 15 is 0 Å². The fraction of sp³-hybridized carbons (Fsp3) is 0.833.